The average Bonchev–Trinajstić information content (AvgIpc) is 2.14. The van der Waals surface area contributed by atoms with Gasteiger partial charge in [0.05, 0.1) is 5.69 Å². The highest BCUT2D eigenvalue weighted by atomic mass is 79.9. The number of aromatic nitrogens is 1. The Balaban J connectivity index is 2.84. The van der Waals surface area contributed by atoms with E-state index in [2.05, 4.69) is 20.9 Å². The Bertz CT molecular complexity index is 174. The minimum Gasteiger partial charge on any atom is -0.325 e. The lowest BCUT2D eigenvalue weighted by Crippen LogP contribution is -1.94. The van der Waals surface area contributed by atoms with Crippen molar-refractivity contribution in [2.75, 3.05) is 0 Å². The molecule has 0 aromatic carbocycles. The van der Waals surface area contributed by atoms with Crippen LogP contribution in [-0.2, 0) is 6.54 Å². The number of nitrogens with zero attached hydrogens (tertiary/aromatic N) is 1. The third-order valence-electron chi connectivity index (χ3n) is 0.733. The third kappa shape index (κ3) is 1.27. The van der Waals surface area contributed by atoms with Crippen molar-refractivity contribution in [1.29, 1.82) is 0 Å². The molecule has 0 aliphatic heterocycles. The van der Waals surface area contributed by atoms with Gasteiger partial charge in [-0.2, -0.15) is 0 Å². The molecule has 0 saturated carbocycles. The van der Waals surface area contributed by atoms with Gasteiger partial charge in [-0.15, -0.1) is 11.3 Å². The first-order chi connectivity index (χ1) is 3.83. The summed E-state index contributed by atoms with van der Waals surface area (Å²) in [5.74, 6) is 0. The predicted molar refractivity (Wildman–Crippen MR) is 37.7 cm³/mol. The Morgan fingerprint density at radius 2 is 2.62 bits per heavy atom. The Morgan fingerprint density at radius 1 is 1.88 bits per heavy atom. The van der Waals surface area contributed by atoms with Gasteiger partial charge < -0.3 is 5.73 Å². The molecule has 8 heavy (non-hydrogen) atoms. The minimum absolute atomic E-state index is 0.530. The van der Waals surface area contributed by atoms with Crippen LogP contribution in [0.4, 0.5) is 0 Å². The molecular weight excluding hydrogens is 188 g/mol. The zero-order chi connectivity index (χ0) is 5.98. The van der Waals surface area contributed by atoms with E-state index in [0.717, 1.165) is 9.61 Å². The number of rotatable bonds is 1. The Hall–Kier alpha value is 0.0700. The third-order valence-corrected chi connectivity index (χ3v) is 2.15. The van der Waals surface area contributed by atoms with Crippen molar-refractivity contribution in [3.05, 3.63) is 15.0 Å². The molecule has 0 bridgehead atoms. The molecule has 1 rings (SSSR count). The first-order valence-corrected chi connectivity index (χ1v) is 3.80. The van der Waals surface area contributed by atoms with Crippen LogP contribution in [0.25, 0.3) is 0 Å². The van der Waals surface area contributed by atoms with Crippen LogP contribution in [0.2, 0.25) is 0 Å². The molecular formula is C4H5BrN2S. The van der Waals surface area contributed by atoms with Crippen LogP contribution >= 0.6 is 27.3 Å². The van der Waals surface area contributed by atoms with Crippen LogP contribution in [0.15, 0.2) is 9.30 Å². The summed E-state index contributed by atoms with van der Waals surface area (Å²) in [5, 5.41) is 1.93. The van der Waals surface area contributed by atoms with E-state index in [1.807, 2.05) is 5.38 Å². The molecule has 0 radical (unpaired) electrons. The Morgan fingerprint density at radius 3 is 2.88 bits per heavy atom. The summed E-state index contributed by atoms with van der Waals surface area (Å²) in [6.07, 6.45) is 0. The van der Waals surface area contributed by atoms with Crippen molar-refractivity contribution in [3.8, 4) is 0 Å². The van der Waals surface area contributed by atoms with E-state index in [0.29, 0.717) is 6.54 Å². The molecule has 0 spiro atoms. The topological polar surface area (TPSA) is 38.9 Å². The maximum atomic E-state index is 5.29. The van der Waals surface area contributed by atoms with Crippen LogP contribution in [0.3, 0.4) is 0 Å². The van der Waals surface area contributed by atoms with Gasteiger partial charge in [0.2, 0.25) is 0 Å². The largest absolute Gasteiger partial charge is 0.325 e. The minimum atomic E-state index is 0.530. The smallest absolute Gasteiger partial charge is 0.159 e. The van der Waals surface area contributed by atoms with Crippen molar-refractivity contribution in [2.24, 2.45) is 5.73 Å². The molecule has 0 saturated heterocycles. The molecule has 0 fully saturated rings. The molecule has 4 heteroatoms. The Kier molecular flexibility index (Phi) is 1.99. The quantitative estimate of drug-likeness (QED) is 0.731. The lowest BCUT2D eigenvalue weighted by Gasteiger charge is -1.79. The monoisotopic (exact) mass is 192 g/mol. The van der Waals surface area contributed by atoms with Crippen LogP contribution < -0.4 is 5.73 Å². The first-order valence-electron chi connectivity index (χ1n) is 2.13. The van der Waals surface area contributed by atoms with Gasteiger partial charge in [0.1, 0.15) is 0 Å². The molecule has 0 atom stereocenters. The standard InChI is InChI=1S/C4H5BrN2S/c5-4-7-3(1-6)2-8-4/h2H,1,6H2. The van der Waals surface area contributed by atoms with E-state index < -0.39 is 0 Å². The lowest BCUT2D eigenvalue weighted by molar-refractivity contribution is 1.01. The fraction of sp³-hybridized carbons (Fsp3) is 0.250. The number of halogens is 1. The summed E-state index contributed by atoms with van der Waals surface area (Å²) in [6.45, 7) is 0.530. The molecule has 2 N–H and O–H groups in total. The predicted octanol–water partition coefficient (Wildman–Crippen LogP) is 1.36. The number of nitrogens with two attached hydrogens (primary N) is 1. The van der Waals surface area contributed by atoms with Crippen LogP contribution in [0.1, 0.15) is 5.69 Å². The van der Waals surface area contributed by atoms with Crippen molar-refractivity contribution in [3.63, 3.8) is 0 Å². The molecule has 0 aliphatic carbocycles. The summed E-state index contributed by atoms with van der Waals surface area (Å²) >= 11 is 4.78. The maximum Gasteiger partial charge on any atom is 0.159 e. The summed E-state index contributed by atoms with van der Waals surface area (Å²) in [7, 11) is 0. The summed E-state index contributed by atoms with van der Waals surface area (Å²) in [5.41, 5.74) is 6.23. The first kappa shape index (κ1) is 6.19. The molecule has 0 aliphatic rings. The van der Waals surface area contributed by atoms with Gasteiger partial charge in [-0.05, 0) is 15.9 Å². The van der Waals surface area contributed by atoms with E-state index in [1.54, 1.807) is 11.3 Å². The maximum absolute atomic E-state index is 5.29. The summed E-state index contributed by atoms with van der Waals surface area (Å²) in [6, 6.07) is 0. The van der Waals surface area contributed by atoms with Gasteiger partial charge >= 0.3 is 0 Å². The van der Waals surface area contributed by atoms with E-state index in [-0.39, 0.29) is 0 Å². The van der Waals surface area contributed by atoms with Gasteiger partial charge in [0.15, 0.2) is 3.92 Å². The SMILES string of the molecule is NCc1csc(Br)n1. The van der Waals surface area contributed by atoms with Crippen molar-refractivity contribution in [1.82, 2.24) is 4.98 Å². The van der Waals surface area contributed by atoms with E-state index in [4.69, 9.17) is 5.73 Å². The molecule has 0 unspecified atom stereocenters. The zero-order valence-electron chi connectivity index (χ0n) is 4.10. The average molecular weight is 193 g/mol. The molecule has 44 valence electrons. The van der Waals surface area contributed by atoms with Crippen molar-refractivity contribution >= 4 is 27.3 Å². The Labute approximate surface area is 59.9 Å². The fourth-order valence-corrected chi connectivity index (χ4v) is 1.44. The summed E-state index contributed by atoms with van der Waals surface area (Å²) in [4.78, 5) is 4.04. The number of hydrogen-bond donors (Lipinski definition) is 1. The van der Waals surface area contributed by atoms with E-state index in [1.165, 1.54) is 0 Å². The fourth-order valence-electron chi connectivity index (χ4n) is 0.376. The second-order valence-corrected chi connectivity index (χ2v) is 3.43. The summed E-state index contributed by atoms with van der Waals surface area (Å²) < 4.78 is 0.901. The lowest BCUT2D eigenvalue weighted by atomic mass is 10.5. The second-order valence-electron chi connectivity index (χ2n) is 1.30. The zero-order valence-corrected chi connectivity index (χ0v) is 6.50. The highest BCUT2D eigenvalue weighted by Crippen LogP contribution is 2.14. The van der Waals surface area contributed by atoms with Gasteiger partial charge in [-0.1, -0.05) is 0 Å². The molecule has 1 heterocycles. The molecule has 1 aromatic rings. The van der Waals surface area contributed by atoms with Crippen molar-refractivity contribution < 1.29 is 0 Å². The van der Waals surface area contributed by atoms with Gasteiger partial charge in [-0.25, -0.2) is 4.98 Å². The van der Waals surface area contributed by atoms with Crippen LogP contribution in [-0.4, -0.2) is 4.98 Å². The highest BCUT2D eigenvalue weighted by Gasteiger charge is 1.92. The molecule has 0 amide bonds. The van der Waals surface area contributed by atoms with Gasteiger partial charge in [0.25, 0.3) is 0 Å². The molecule has 2 nitrogen and oxygen atoms in total. The van der Waals surface area contributed by atoms with Crippen LogP contribution in [0.5, 0.6) is 0 Å². The van der Waals surface area contributed by atoms with Crippen molar-refractivity contribution in [2.45, 2.75) is 6.54 Å². The van der Waals surface area contributed by atoms with Gasteiger partial charge in [-0.3, -0.25) is 0 Å². The van der Waals surface area contributed by atoms with Crippen LogP contribution in [0, 0.1) is 0 Å². The normalized spacial score (nSPS) is 9.75. The number of thiazole rings is 1. The van der Waals surface area contributed by atoms with E-state index in [9.17, 15) is 0 Å². The molecule has 1 aromatic heterocycles. The number of hydrogen-bond acceptors (Lipinski definition) is 3. The van der Waals surface area contributed by atoms with E-state index >= 15 is 0 Å². The highest BCUT2D eigenvalue weighted by molar-refractivity contribution is 9.11. The second kappa shape index (κ2) is 2.57. The van der Waals surface area contributed by atoms with Gasteiger partial charge in [0, 0.05) is 11.9 Å².